The van der Waals surface area contributed by atoms with Gasteiger partial charge in [-0.3, -0.25) is 4.79 Å². The molecule has 0 bridgehead atoms. The molecule has 0 radical (unpaired) electrons. The SMILES string of the molecule is CCc1cccc(NC2=C(N)C(O)C2=O)c1. The van der Waals surface area contributed by atoms with Gasteiger partial charge in [0, 0.05) is 5.69 Å². The van der Waals surface area contributed by atoms with Crippen molar-refractivity contribution in [1.29, 1.82) is 0 Å². The molecule has 0 saturated heterocycles. The Balaban J connectivity index is 2.19. The molecule has 2 rings (SSSR count). The van der Waals surface area contributed by atoms with Crippen molar-refractivity contribution in [3.05, 3.63) is 41.2 Å². The normalized spacial score (nSPS) is 19.6. The molecular formula is C12H14N2O2. The van der Waals surface area contributed by atoms with E-state index in [0.717, 1.165) is 12.1 Å². The number of Topliss-reactive ketones (excluding diaryl/α,β-unsaturated/α-hetero) is 1. The van der Waals surface area contributed by atoms with Crippen molar-refractivity contribution in [3.8, 4) is 0 Å². The van der Waals surface area contributed by atoms with Gasteiger partial charge in [-0.15, -0.1) is 0 Å². The van der Waals surface area contributed by atoms with Gasteiger partial charge in [0.1, 0.15) is 5.70 Å². The molecule has 0 fully saturated rings. The molecule has 0 aliphatic heterocycles. The molecule has 1 aromatic rings. The minimum atomic E-state index is -1.13. The zero-order valence-electron chi connectivity index (χ0n) is 9.03. The van der Waals surface area contributed by atoms with E-state index < -0.39 is 6.10 Å². The lowest BCUT2D eigenvalue weighted by atomic mass is 9.95. The quantitative estimate of drug-likeness (QED) is 0.700. The van der Waals surface area contributed by atoms with Crippen LogP contribution in [0.4, 0.5) is 5.69 Å². The number of aliphatic hydroxyl groups is 1. The van der Waals surface area contributed by atoms with Gasteiger partial charge >= 0.3 is 0 Å². The molecule has 16 heavy (non-hydrogen) atoms. The molecule has 0 aromatic heterocycles. The number of carbonyl (C=O) groups is 1. The number of hydrogen-bond donors (Lipinski definition) is 3. The second-order valence-electron chi connectivity index (χ2n) is 3.78. The van der Waals surface area contributed by atoms with Gasteiger partial charge in [-0.1, -0.05) is 19.1 Å². The Bertz CT molecular complexity index is 466. The largest absolute Gasteiger partial charge is 0.398 e. The summed E-state index contributed by atoms with van der Waals surface area (Å²) >= 11 is 0. The fraction of sp³-hybridized carbons (Fsp3) is 0.250. The monoisotopic (exact) mass is 218 g/mol. The third-order valence-electron chi connectivity index (χ3n) is 2.68. The molecule has 0 amide bonds. The summed E-state index contributed by atoms with van der Waals surface area (Å²) in [7, 11) is 0. The van der Waals surface area contributed by atoms with Crippen molar-refractivity contribution in [2.45, 2.75) is 19.4 Å². The number of nitrogens with one attached hydrogen (secondary N) is 1. The Labute approximate surface area is 93.8 Å². The van der Waals surface area contributed by atoms with Crippen LogP contribution in [0.1, 0.15) is 12.5 Å². The first-order valence-corrected chi connectivity index (χ1v) is 5.21. The Hall–Kier alpha value is -1.81. The van der Waals surface area contributed by atoms with Crippen LogP contribution in [0.25, 0.3) is 0 Å². The predicted molar refractivity (Wildman–Crippen MR) is 61.7 cm³/mol. The van der Waals surface area contributed by atoms with E-state index in [9.17, 15) is 4.79 Å². The fourth-order valence-electron chi connectivity index (χ4n) is 1.63. The molecular weight excluding hydrogens is 204 g/mol. The maximum atomic E-state index is 11.3. The van der Waals surface area contributed by atoms with Crippen LogP contribution in [0.2, 0.25) is 0 Å². The predicted octanol–water partition coefficient (Wildman–Crippen LogP) is 0.775. The number of aliphatic hydroxyl groups excluding tert-OH is 1. The van der Waals surface area contributed by atoms with Gasteiger partial charge in [-0.2, -0.15) is 0 Å². The molecule has 84 valence electrons. The van der Waals surface area contributed by atoms with Gasteiger partial charge in [0.25, 0.3) is 0 Å². The highest BCUT2D eigenvalue weighted by Crippen LogP contribution is 2.23. The van der Waals surface area contributed by atoms with Crippen LogP contribution in [-0.2, 0) is 11.2 Å². The van der Waals surface area contributed by atoms with Crippen molar-refractivity contribution in [2.75, 3.05) is 5.32 Å². The minimum Gasteiger partial charge on any atom is -0.398 e. The lowest BCUT2D eigenvalue weighted by Gasteiger charge is -2.25. The van der Waals surface area contributed by atoms with Gasteiger partial charge in [0.15, 0.2) is 6.10 Å². The van der Waals surface area contributed by atoms with Gasteiger partial charge in [0.05, 0.1) is 5.70 Å². The molecule has 4 N–H and O–H groups in total. The van der Waals surface area contributed by atoms with E-state index in [1.807, 2.05) is 24.3 Å². The van der Waals surface area contributed by atoms with E-state index in [-0.39, 0.29) is 11.5 Å². The summed E-state index contributed by atoms with van der Waals surface area (Å²) in [5, 5.41) is 12.1. The second-order valence-corrected chi connectivity index (χ2v) is 3.78. The zero-order chi connectivity index (χ0) is 11.7. The Morgan fingerprint density at radius 1 is 1.50 bits per heavy atom. The lowest BCUT2D eigenvalue weighted by Crippen LogP contribution is -2.43. The third kappa shape index (κ3) is 1.67. The maximum Gasteiger partial charge on any atom is 0.215 e. The van der Waals surface area contributed by atoms with E-state index in [1.165, 1.54) is 5.56 Å². The molecule has 1 aromatic carbocycles. The number of hydrogen-bond acceptors (Lipinski definition) is 4. The smallest absolute Gasteiger partial charge is 0.215 e. The average Bonchev–Trinajstić information content (AvgIpc) is 2.34. The number of carbonyl (C=O) groups excluding carboxylic acids is 1. The number of ketones is 1. The summed E-state index contributed by atoms with van der Waals surface area (Å²) in [6.45, 7) is 2.06. The summed E-state index contributed by atoms with van der Waals surface area (Å²) < 4.78 is 0. The van der Waals surface area contributed by atoms with E-state index in [4.69, 9.17) is 10.8 Å². The molecule has 1 aliphatic carbocycles. The highest BCUT2D eigenvalue weighted by Gasteiger charge is 2.36. The molecule has 1 atom stereocenters. The van der Waals surface area contributed by atoms with Crippen LogP contribution in [-0.4, -0.2) is 17.0 Å². The van der Waals surface area contributed by atoms with Crippen molar-refractivity contribution in [3.63, 3.8) is 0 Å². The third-order valence-corrected chi connectivity index (χ3v) is 2.68. The summed E-state index contributed by atoms with van der Waals surface area (Å²) in [6, 6.07) is 7.74. The van der Waals surface area contributed by atoms with E-state index in [1.54, 1.807) is 0 Å². The van der Waals surface area contributed by atoms with Gasteiger partial charge in [-0.25, -0.2) is 0 Å². The van der Waals surface area contributed by atoms with Crippen molar-refractivity contribution < 1.29 is 9.90 Å². The molecule has 1 unspecified atom stereocenters. The Morgan fingerprint density at radius 3 is 2.88 bits per heavy atom. The maximum absolute atomic E-state index is 11.3. The number of nitrogens with two attached hydrogens (primary N) is 1. The molecule has 0 heterocycles. The fourth-order valence-corrected chi connectivity index (χ4v) is 1.63. The Morgan fingerprint density at radius 2 is 2.25 bits per heavy atom. The van der Waals surface area contributed by atoms with Gasteiger partial charge < -0.3 is 16.2 Å². The van der Waals surface area contributed by atoms with E-state index in [2.05, 4.69) is 12.2 Å². The van der Waals surface area contributed by atoms with Crippen molar-refractivity contribution in [1.82, 2.24) is 0 Å². The zero-order valence-corrected chi connectivity index (χ0v) is 9.03. The first kappa shape index (κ1) is 10.7. The lowest BCUT2D eigenvalue weighted by molar-refractivity contribution is -0.124. The number of rotatable bonds is 3. The second kappa shape index (κ2) is 3.98. The standard InChI is InChI=1S/C12H14N2O2/c1-2-7-4-3-5-8(6-7)14-10-9(13)11(15)12(10)16/h3-6,11,14-15H,2,13H2,1H3. The topological polar surface area (TPSA) is 75.3 Å². The highest BCUT2D eigenvalue weighted by atomic mass is 16.3. The first-order chi connectivity index (χ1) is 7.63. The van der Waals surface area contributed by atoms with Gasteiger partial charge in [0.2, 0.25) is 5.78 Å². The average molecular weight is 218 g/mol. The van der Waals surface area contributed by atoms with Crippen molar-refractivity contribution in [2.24, 2.45) is 5.73 Å². The molecule has 0 saturated carbocycles. The van der Waals surface area contributed by atoms with Crippen LogP contribution in [0, 0.1) is 0 Å². The van der Waals surface area contributed by atoms with Crippen LogP contribution in [0.5, 0.6) is 0 Å². The number of benzene rings is 1. The summed E-state index contributed by atoms with van der Waals surface area (Å²) in [5.41, 5.74) is 8.04. The first-order valence-electron chi connectivity index (χ1n) is 5.21. The van der Waals surface area contributed by atoms with E-state index >= 15 is 0 Å². The van der Waals surface area contributed by atoms with E-state index in [0.29, 0.717) is 5.70 Å². The molecule has 1 aliphatic rings. The summed E-state index contributed by atoms with van der Waals surface area (Å²) in [4.78, 5) is 11.3. The number of anilines is 1. The van der Waals surface area contributed by atoms with Crippen LogP contribution >= 0.6 is 0 Å². The number of aryl methyl sites for hydroxylation is 1. The van der Waals surface area contributed by atoms with Gasteiger partial charge in [-0.05, 0) is 24.1 Å². The van der Waals surface area contributed by atoms with Crippen molar-refractivity contribution >= 4 is 11.5 Å². The Kier molecular flexibility index (Phi) is 2.66. The minimum absolute atomic E-state index is 0.215. The molecule has 0 spiro atoms. The summed E-state index contributed by atoms with van der Waals surface area (Å²) in [6.07, 6.45) is -0.197. The molecule has 4 heteroatoms. The van der Waals surface area contributed by atoms with Crippen LogP contribution in [0.3, 0.4) is 0 Å². The summed E-state index contributed by atoms with van der Waals surface area (Å²) in [5.74, 6) is -0.348. The molecule has 4 nitrogen and oxygen atoms in total. The highest BCUT2D eigenvalue weighted by molar-refractivity contribution is 6.10. The van der Waals surface area contributed by atoms with Crippen LogP contribution in [0.15, 0.2) is 35.7 Å². The van der Waals surface area contributed by atoms with Crippen LogP contribution < -0.4 is 11.1 Å².